The van der Waals surface area contributed by atoms with E-state index in [9.17, 15) is 0 Å². The molecular formula is C4H10I+. The predicted octanol–water partition coefficient (Wildman–Crippen LogP) is -1.89. The number of hydrogen-bond donors (Lipinski definition) is 0. The summed E-state index contributed by atoms with van der Waals surface area (Å²) in [6.45, 7) is 4.54. The fraction of sp³-hybridized carbons (Fsp3) is 1.00. The van der Waals surface area contributed by atoms with Crippen molar-refractivity contribution in [3.8, 4) is 0 Å². The van der Waals surface area contributed by atoms with Crippen LogP contribution in [0.5, 0.6) is 0 Å². The summed E-state index contributed by atoms with van der Waals surface area (Å²) >= 11 is 0.548. The fourth-order valence-corrected chi connectivity index (χ4v) is 0. The van der Waals surface area contributed by atoms with E-state index in [0.29, 0.717) is 21.2 Å². The third kappa shape index (κ3) is 4.73. The lowest BCUT2D eigenvalue weighted by Crippen LogP contribution is -3.63. The lowest BCUT2D eigenvalue weighted by atomic mass is 10.6. The van der Waals surface area contributed by atoms with Gasteiger partial charge in [0.15, 0.2) is 0 Å². The lowest BCUT2D eigenvalue weighted by molar-refractivity contribution is -0.656. The monoisotopic (exact) mass is 185 g/mol. The molecule has 0 unspecified atom stereocenters. The topological polar surface area (TPSA) is 0 Å². The Labute approximate surface area is 44.2 Å². The van der Waals surface area contributed by atoms with Crippen LogP contribution >= 0.6 is 0 Å². The van der Waals surface area contributed by atoms with Crippen molar-refractivity contribution in [2.24, 2.45) is 0 Å². The maximum absolute atomic E-state index is 2.31. The Bertz CT molecular complexity index is 17.6. The Morgan fingerprint density at radius 1 is 1.40 bits per heavy atom. The molecule has 0 radical (unpaired) electrons. The molecule has 0 N–H and O–H groups in total. The van der Waals surface area contributed by atoms with Gasteiger partial charge in [-0.25, -0.2) is 0 Å². The summed E-state index contributed by atoms with van der Waals surface area (Å²) in [7, 11) is 0. The maximum Gasteiger partial charge on any atom is 0.268 e. The van der Waals surface area contributed by atoms with Gasteiger partial charge in [0, 0.05) is 0 Å². The van der Waals surface area contributed by atoms with E-state index in [1.54, 1.807) is 0 Å². The van der Waals surface area contributed by atoms with Gasteiger partial charge >= 0.3 is 0 Å². The number of rotatable bonds is 1. The van der Waals surface area contributed by atoms with E-state index in [1.165, 1.54) is 0 Å². The zero-order chi connectivity index (χ0) is 4.28. The first-order valence-electron chi connectivity index (χ1n) is 1.75. The second kappa shape index (κ2) is 2.94. The van der Waals surface area contributed by atoms with E-state index in [4.69, 9.17) is 0 Å². The molecule has 0 aromatic carbocycles. The molecule has 0 atom stereocenters. The average molecular weight is 185 g/mol. The Kier molecular flexibility index (Phi) is 3.37. The van der Waals surface area contributed by atoms with E-state index < -0.39 is 0 Å². The minimum atomic E-state index is 0.548. The highest BCUT2D eigenvalue weighted by Crippen LogP contribution is 1.51. The molecule has 32 valence electrons. The first-order chi connectivity index (χ1) is 2.27. The number of hydrogen-bond acceptors (Lipinski definition) is 0. The number of alkyl halides is 2. The van der Waals surface area contributed by atoms with Crippen LogP contribution in [0.25, 0.3) is 0 Å². The van der Waals surface area contributed by atoms with Gasteiger partial charge in [0.05, 0.1) is 0 Å². The summed E-state index contributed by atoms with van der Waals surface area (Å²) in [4.78, 5) is 2.31. The zero-order valence-electron chi connectivity index (χ0n) is 3.96. The molecule has 0 heterocycles. The summed E-state index contributed by atoms with van der Waals surface area (Å²) in [6.07, 6.45) is 0. The van der Waals surface area contributed by atoms with Crippen molar-refractivity contribution in [2.75, 3.05) is 4.93 Å². The molecule has 0 aliphatic heterocycles. The standard InChI is InChI=1S/C4H10I/c1-4(2)5-3/h4H,1-3H3/q+1. The van der Waals surface area contributed by atoms with Crippen LogP contribution in [-0.4, -0.2) is 8.86 Å². The molecule has 0 spiro atoms. The maximum atomic E-state index is 2.31. The number of halogens is 1. The van der Waals surface area contributed by atoms with E-state index >= 15 is 0 Å². The highest BCUT2D eigenvalue weighted by atomic mass is 127. The summed E-state index contributed by atoms with van der Waals surface area (Å²) < 4.78 is 0.994. The molecule has 0 fully saturated rings. The van der Waals surface area contributed by atoms with Gasteiger partial charge in [-0.05, 0) is 13.8 Å². The van der Waals surface area contributed by atoms with Gasteiger partial charge < -0.3 is 0 Å². The SMILES string of the molecule is C[I+]C(C)C. The summed E-state index contributed by atoms with van der Waals surface area (Å²) in [5.41, 5.74) is 0. The molecule has 1 heteroatoms. The molecule has 5 heavy (non-hydrogen) atoms. The molecule has 0 aromatic rings. The van der Waals surface area contributed by atoms with Crippen molar-refractivity contribution < 1.29 is 21.2 Å². The summed E-state index contributed by atoms with van der Waals surface area (Å²) in [5, 5.41) is 0. The Hall–Kier alpha value is 0.730. The summed E-state index contributed by atoms with van der Waals surface area (Å²) in [6, 6.07) is 0. The quantitative estimate of drug-likeness (QED) is 0.331. The molecule has 0 aliphatic rings. The average Bonchev–Trinajstić information content (AvgIpc) is 1.38. The van der Waals surface area contributed by atoms with Gasteiger partial charge in [0.2, 0.25) is 0 Å². The van der Waals surface area contributed by atoms with E-state index in [0.717, 1.165) is 3.92 Å². The molecule has 0 saturated heterocycles. The third-order valence-electron chi connectivity index (χ3n) is 0.436. The van der Waals surface area contributed by atoms with E-state index in [2.05, 4.69) is 18.8 Å². The van der Waals surface area contributed by atoms with Crippen LogP contribution < -0.4 is 21.2 Å². The lowest BCUT2D eigenvalue weighted by Gasteiger charge is -1.72. The van der Waals surface area contributed by atoms with Crippen molar-refractivity contribution in [2.45, 2.75) is 17.8 Å². The molecule has 0 saturated carbocycles. The zero-order valence-corrected chi connectivity index (χ0v) is 6.11. The Morgan fingerprint density at radius 3 is 1.60 bits per heavy atom. The van der Waals surface area contributed by atoms with Crippen molar-refractivity contribution in [3.63, 3.8) is 0 Å². The third-order valence-corrected chi connectivity index (χ3v) is 2.93. The van der Waals surface area contributed by atoms with Crippen LogP contribution in [0, 0.1) is 0 Å². The van der Waals surface area contributed by atoms with Crippen LogP contribution in [0.1, 0.15) is 13.8 Å². The van der Waals surface area contributed by atoms with Crippen LogP contribution in [-0.2, 0) is 0 Å². The van der Waals surface area contributed by atoms with Crippen molar-refractivity contribution in [3.05, 3.63) is 0 Å². The molecule has 0 bridgehead atoms. The second-order valence-corrected chi connectivity index (χ2v) is 4.97. The first kappa shape index (κ1) is 5.73. The largest absolute Gasteiger partial charge is 0.268 e. The van der Waals surface area contributed by atoms with Crippen LogP contribution in [0.15, 0.2) is 0 Å². The van der Waals surface area contributed by atoms with Crippen molar-refractivity contribution in [1.82, 2.24) is 0 Å². The molecule has 0 nitrogen and oxygen atoms in total. The second-order valence-electron chi connectivity index (χ2n) is 1.23. The first-order valence-corrected chi connectivity index (χ1v) is 5.15. The predicted molar refractivity (Wildman–Crippen MR) is 21.1 cm³/mol. The van der Waals surface area contributed by atoms with Gasteiger partial charge in [0.25, 0.3) is 21.2 Å². The normalized spacial score (nSPS) is 9.60. The summed E-state index contributed by atoms with van der Waals surface area (Å²) in [5.74, 6) is 0. The van der Waals surface area contributed by atoms with Crippen molar-refractivity contribution >= 4 is 0 Å². The minimum absolute atomic E-state index is 0.548. The van der Waals surface area contributed by atoms with Crippen LogP contribution in [0.2, 0.25) is 0 Å². The van der Waals surface area contributed by atoms with Gasteiger partial charge in [-0.3, -0.25) is 0 Å². The van der Waals surface area contributed by atoms with Gasteiger partial charge in [-0.2, -0.15) is 0 Å². The smallest absolute Gasteiger partial charge is 0.0183 e. The van der Waals surface area contributed by atoms with Gasteiger partial charge in [0.1, 0.15) is 8.86 Å². The minimum Gasteiger partial charge on any atom is -0.0183 e. The Morgan fingerprint density at radius 2 is 1.60 bits per heavy atom. The van der Waals surface area contributed by atoms with Gasteiger partial charge in [-0.15, -0.1) is 0 Å². The van der Waals surface area contributed by atoms with Gasteiger partial charge in [-0.1, -0.05) is 0 Å². The van der Waals surface area contributed by atoms with Crippen LogP contribution in [0.3, 0.4) is 0 Å². The molecular weight excluding hydrogens is 175 g/mol. The fourth-order valence-electron chi connectivity index (χ4n) is 0. The highest BCUT2D eigenvalue weighted by Gasteiger charge is 1.99. The van der Waals surface area contributed by atoms with Crippen LogP contribution in [0.4, 0.5) is 0 Å². The van der Waals surface area contributed by atoms with E-state index in [1.807, 2.05) is 0 Å². The molecule has 0 aliphatic carbocycles. The molecule has 0 amide bonds. The van der Waals surface area contributed by atoms with Crippen molar-refractivity contribution in [1.29, 1.82) is 0 Å². The molecule has 0 aromatic heterocycles. The molecule has 0 rings (SSSR count). The Balaban J connectivity index is 2.54. The van der Waals surface area contributed by atoms with E-state index in [-0.39, 0.29) is 0 Å². The highest BCUT2D eigenvalue weighted by molar-refractivity contribution is 4.20.